The summed E-state index contributed by atoms with van der Waals surface area (Å²) in [6.07, 6.45) is 3.92. The van der Waals surface area contributed by atoms with Crippen molar-refractivity contribution in [1.29, 1.82) is 0 Å². The van der Waals surface area contributed by atoms with E-state index >= 15 is 0 Å². The number of anilines is 1. The maximum absolute atomic E-state index is 12.1. The van der Waals surface area contributed by atoms with Gasteiger partial charge in [0.2, 0.25) is 0 Å². The third-order valence-corrected chi connectivity index (χ3v) is 5.90. The Kier molecular flexibility index (Phi) is 6.80. The van der Waals surface area contributed by atoms with Gasteiger partial charge in [0.05, 0.1) is 5.69 Å². The van der Waals surface area contributed by atoms with Crippen LogP contribution in [0.2, 0.25) is 0 Å². The van der Waals surface area contributed by atoms with Crippen LogP contribution in [0.5, 0.6) is 0 Å². The summed E-state index contributed by atoms with van der Waals surface area (Å²) in [7, 11) is 0. The molecule has 0 radical (unpaired) electrons. The summed E-state index contributed by atoms with van der Waals surface area (Å²) in [6.45, 7) is 6.66. The first-order valence-corrected chi connectivity index (χ1v) is 10.6. The smallest absolute Gasteiger partial charge is 0.414 e. The van der Waals surface area contributed by atoms with Crippen molar-refractivity contribution in [3.05, 3.63) is 65.2 Å². The minimum Gasteiger partial charge on any atom is -0.444 e. The van der Waals surface area contributed by atoms with E-state index in [1.807, 2.05) is 29.2 Å². The van der Waals surface area contributed by atoms with Gasteiger partial charge in [-0.05, 0) is 39.0 Å². The number of benzene rings is 2. The molecular weight excluding hydrogens is 356 g/mol. The number of amides is 1. The van der Waals surface area contributed by atoms with Crippen LogP contribution in [-0.4, -0.2) is 35.8 Å². The first-order chi connectivity index (χ1) is 13.1. The molecule has 2 aromatic carbocycles. The molecule has 0 aliphatic carbocycles. The zero-order chi connectivity index (χ0) is 19.2. The van der Waals surface area contributed by atoms with Gasteiger partial charge in [-0.15, -0.1) is 0 Å². The van der Waals surface area contributed by atoms with Gasteiger partial charge in [0.1, 0.15) is 6.61 Å². The van der Waals surface area contributed by atoms with Gasteiger partial charge >= 0.3 is 6.09 Å². The lowest BCUT2D eigenvalue weighted by atomic mass is 10.0. The van der Waals surface area contributed by atoms with Crippen LogP contribution in [0.4, 0.5) is 10.5 Å². The summed E-state index contributed by atoms with van der Waals surface area (Å²) in [5, 5.41) is 0. The van der Waals surface area contributed by atoms with Crippen LogP contribution >= 0.6 is 11.9 Å². The summed E-state index contributed by atoms with van der Waals surface area (Å²) in [5.74, 6) is 0. The van der Waals surface area contributed by atoms with Crippen LogP contribution in [0.1, 0.15) is 29.5 Å². The Balaban J connectivity index is 0.000000221. The Morgan fingerprint density at radius 2 is 1.67 bits per heavy atom. The quantitative estimate of drug-likeness (QED) is 0.667. The molecule has 4 rings (SSSR count). The third-order valence-electron chi connectivity index (χ3n) is 5.02. The molecule has 2 aliphatic rings. The molecule has 0 atom stereocenters. The van der Waals surface area contributed by atoms with E-state index in [1.54, 1.807) is 11.9 Å². The normalized spacial score (nSPS) is 17.6. The summed E-state index contributed by atoms with van der Waals surface area (Å²) in [5.41, 5.74) is 4.81. The number of aryl methyl sites for hydroxylation is 2. The standard InChI is InChI=1S/C14H18N2O2S.C8H10/c1-19-15-8-6-12(7-9-15)16-13-5-3-2-4-11(13)10-18-14(16)17;1-7-4-3-5-8(2)6-7/h2-5,12H,6-10H2,1H3;3-6H,1-2H3. The second-order valence-corrected chi connectivity index (χ2v) is 7.94. The van der Waals surface area contributed by atoms with Gasteiger partial charge in [-0.25, -0.2) is 4.79 Å². The number of ether oxygens (including phenoxy) is 1. The van der Waals surface area contributed by atoms with Crippen molar-refractivity contribution >= 4 is 23.7 Å². The average Bonchev–Trinajstić information content (AvgIpc) is 2.68. The van der Waals surface area contributed by atoms with Crippen LogP contribution in [0.15, 0.2) is 48.5 Å². The molecule has 2 aliphatic heterocycles. The Labute approximate surface area is 166 Å². The molecule has 144 valence electrons. The first-order valence-electron chi connectivity index (χ1n) is 9.44. The summed E-state index contributed by atoms with van der Waals surface area (Å²) in [6, 6.07) is 16.7. The molecule has 5 heteroatoms. The number of carbonyl (C=O) groups is 1. The van der Waals surface area contributed by atoms with Crippen LogP contribution < -0.4 is 4.90 Å². The molecule has 27 heavy (non-hydrogen) atoms. The van der Waals surface area contributed by atoms with Crippen molar-refractivity contribution in [3.8, 4) is 0 Å². The van der Waals surface area contributed by atoms with Gasteiger partial charge < -0.3 is 4.74 Å². The number of hydrogen-bond acceptors (Lipinski definition) is 4. The molecule has 1 saturated heterocycles. The van der Waals surface area contributed by atoms with Crippen LogP contribution in [0.25, 0.3) is 0 Å². The minimum atomic E-state index is -0.193. The fourth-order valence-electron chi connectivity index (χ4n) is 3.61. The molecule has 1 amide bonds. The number of fused-ring (bicyclic) bond motifs is 1. The zero-order valence-electron chi connectivity index (χ0n) is 16.4. The van der Waals surface area contributed by atoms with Crippen molar-refractivity contribution < 1.29 is 9.53 Å². The number of para-hydroxylation sites is 1. The fraction of sp³-hybridized carbons (Fsp3) is 0.409. The van der Waals surface area contributed by atoms with E-state index in [0.29, 0.717) is 6.61 Å². The second kappa shape index (κ2) is 9.29. The van der Waals surface area contributed by atoms with Crippen molar-refractivity contribution in [3.63, 3.8) is 0 Å². The van der Waals surface area contributed by atoms with Gasteiger partial charge in [-0.1, -0.05) is 65.5 Å². The molecule has 4 nitrogen and oxygen atoms in total. The van der Waals surface area contributed by atoms with Gasteiger partial charge in [-0.3, -0.25) is 9.21 Å². The summed E-state index contributed by atoms with van der Waals surface area (Å²) < 4.78 is 7.64. The van der Waals surface area contributed by atoms with Gasteiger partial charge in [-0.2, -0.15) is 0 Å². The van der Waals surface area contributed by atoms with Crippen molar-refractivity contribution in [2.24, 2.45) is 0 Å². The number of rotatable bonds is 2. The molecule has 0 N–H and O–H groups in total. The van der Waals surface area contributed by atoms with Crippen molar-refractivity contribution in [1.82, 2.24) is 4.31 Å². The Morgan fingerprint density at radius 1 is 1.00 bits per heavy atom. The molecule has 0 aromatic heterocycles. The number of hydrogen-bond donors (Lipinski definition) is 0. The van der Waals surface area contributed by atoms with Gasteiger partial charge in [0.25, 0.3) is 0 Å². The lowest BCUT2D eigenvalue weighted by Crippen LogP contribution is -2.48. The highest BCUT2D eigenvalue weighted by Crippen LogP contribution is 2.32. The lowest BCUT2D eigenvalue weighted by Gasteiger charge is -2.39. The van der Waals surface area contributed by atoms with Crippen molar-refractivity contribution in [2.75, 3.05) is 24.2 Å². The Hall–Kier alpha value is -1.98. The predicted octanol–water partition coefficient (Wildman–Crippen LogP) is 5.19. The van der Waals surface area contributed by atoms with Crippen LogP contribution in [-0.2, 0) is 11.3 Å². The van der Waals surface area contributed by atoms with E-state index in [4.69, 9.17) is 4.74 Å². The van der Waals surface area contributed by atoms with E-state index in [2.05, 4.69) is 48.7 Å². The fourth-order valence-corrected chi connectivity index (χ4v) is 4.19. The SMILES string of the molecule is CSN1CCC(N2C(=O)OCc3ccccc32)CC1.Cc1cccc(C)c1. The van der Waals surface area contributed by atoms with Gasteiger partial charge in [0.15, 0.2) is 0 Å². The highest BCUT2D eigenvalue weighted by Gasteiger charge is 2.33. The zero-order valence-corrected chi connectivity index (χ0v) is 17.2. The monoisotopic (exact) mass is 384 g/mol. The maximum atomic E-state index is 12.1. The molecule has 0 saturated carbocycles. The molecule has 0 unspecified atom stereocenters. The highest BCUT2D eigenvalue weighted by molar-refractivity contribution is 7.96. The van der Waals surface area contributed by atoms with Gasteiger partial charge in [0, 0.05) is 24.7 Å². The number of piperidine rings is 1. The minimum absolute atomic E-state index is 0.193. The van der Waals surface area contributed by atoms with Crippen LogP contribution in [0.3, 0.4) is 0 Å². The predicted molar refractivity (Wildman–Crippen MR) is 113 cm³/mol. The average molecular weight is 385 g/mol. The van der Waals surface area contributed by atoms with Crippen LogP contribution in [0, 0.1) is 13.8 Å². The molecule has 2 heterocycles. The highest BCUT2D eigenvalue weighted by atomic mass is 32.2. The Morgan fingerprint density at radius 3 is 2.26 bits per heavy atom. The topological polar surface area (TPSA) is 32.8 Å². The van der Waals surface area contributed by atoms with E-state index < -0.39 is 0 Å². The number of carbonyl (C=O) groups excluding carboxylic acids is 1. The molecule has 0 bridgehead atoms. The third kappa shape index (κ3) is 5.05. The molecule has 1 fully saturated rings. The maximum Gasteiger partial charge on any atom is 0.414 e. The largest absolute Gasteiger partial charge is 0.444 e. The summed E-state index contributed by atoms with van der Waals surface area (Å²) >= 11 is 1.78. The van der Waals surface area contributed by atoms with E-state index in [0.717, 1.165) is 37.2 Å². The molecule has 2 aromatic rings. The van der Waals surface area contributed by atoms with E-state index in [1.165, 1.54) is 11.1 Å². The second-order valence-electron chi connectivity index (χ2n) is 7.05. The van der Waals surface area contributed by atoms with Crippen molar-refractivity contribution in [2.45, 2.75) is 39.3 Å². The Bertz CT molecular complexity index is 755. The van der Waals surface area contributed by atoms with E-state index in [-0.39, 0.29) is 12.1 Å². The first kappa shape index (κ1) is 19.8. The lowest BCUT2D eigenvalue weighted by molar-refractivity contribution is 0.136. The molecule has 0 spiro atoms. The van der Waals surface area contributed by atoms with E-state index in [9.17, 15) is 4.79 Å². The summed E-state index contributed by atoms with van der Waals surface area (Å²) in [4.78, 5) is 13.9. The molecular formula is C22H28N2O2S. The number of cyclic esters (lactones) is 1. The number of nitrogens with zero attached hydrogens (tertiary/aromatic N) is 2.